The molecule has 0 radical (unpaired) electrons. The second kappa shape index (κ2) is 7.37. The van der Waals surface area contributed by atoms with Crippen molar-refractivity contribution in [2.45, 2.75) is 6.18 Å². The molecule has 0 spiro atoms. The van der Waals surface area contributed by atoms with Crippen LogP contribution in [0, 0.1) is 11.6 Å². The number of nitrogens with one attached hydrogen (secondary N) is 2. The van der Waals surface area contributed by atoms with Gasteiger partial charge in [-0.1, -0.05) is 12.1 Å². The number of alkyl halides is 3. The van der Waals surface area contributed by atoms with Crippen LogP contribution in [0.4, 0.5) is 33.3 Å². The van der Waals surface area contributed by atoms with Crippen molar-refractivity contribution in [1.82, 2.24) is 0 Å². The Kier molecular flexibility index (Phi) is 5.45. The molecule has 0 aromatic heterocycles. The van der Waals surface area contributed by atoms with Crippen molar-refractivity contribution in [2.24, 2.45) is 0 Å². The van der Waals surface area contributed by atoms with E-state index in [0.29, 0.717) is 0 Å². The largest absolute Gasteiger partial charge is 0.491 e. The van der Waals surface area contributed by atoms with Crippen molar-refractivity contribution in [1.29, 1.82) is 0 Å². The lowest BCUT2D eigenvalue weighted by Gasteiger charge is -2.14. The van der Waals surface area contributed by atoms with E-state index in [1.807, 2.05) is 0 Å². The molecule has 2 aromatic rings. The molecule has 134 valence electrons. The average Bonchev–Trinajstić information content (AvgIpc) is 2.52. The smallest absolute Gasteiger partial charge is 0.418 e. The first-order valence-corrected chi connectivity index (χ1v) is 6.95. The van der Waals surface area contributed by atoms with Crippen molar-refractivity contribution in [3.8, 4) is 5.75 Å². The van der Waals surface area contributed by atoms with Crippen LogP contribution in [0.1, 0.15) is 5.56 Å². The second-order valence-electron chi connectivity index (χ2n) is 4.92. The Morgan fingerprint density at radius 3 is 2.28 bits per heavy atom. The van der Waals surface area contributed by atoms with Gasteiger partial charge in [-0.25, -0.2) is 8.78 Å². The number of anilines is 2. The van der Waals surface area contributed by atoms with Gasteiger partial charge >= 0.3 is 6.18 Å². The van der Waals surface area contributed by atoms with Gasteiger partial charge < -0.3 is 15.4 Å². The van der Waals surface area contributed by atoms with Gasteiger partial charge in [-0.2, -0.15) is 13.2 Å². The molecule has 2 aromatic carbocycles. The summed E-state index contributed by atoms with van der Waals surface area (Å²) in [6.45, 7) is -0.489. The Balaban J connectivity index is 2.05. The Bertz CT molecular complexity index is 754. The number of hydrogen-bond donors (Lipinski definition) is 2. The molecule has 9 heteroatoms. The summed E-state index contributed by atoms with van der Waals surface area (Å²) in [6.07, 6.45) is -4.63. The average molecular weight is 360 g/mol. The molecule has 0 aliphatic heterocycles. The highest BCUT2D eigenvalue weighted by atomic mass is 19.4. The van der Waals surface area contributed by atoms with E-state index in [9.17, 15) is 26.7 Å². The third-order valence-corrected chi connectivity index (χ3v) is 3.16. The number of para-hydroxylation sites is 1. The first-order chi connectivity index (χ1) is 11.7. The first-order valence-electron chi connectivity index (χ1n) is 6.95. The lowest BCUT2D eigenvalue weighted by Crippen LogP contribution is -2.23. The molecule has 0 saturated carbocycles. The van der Waals surface area contributed by atoms with E-state index in [-0.39, 0.29) is 5.69 Å². The molecular weight excluding hydrogens is 347 g/mol. The fourth-order valence-electron chi connectivity index (χ4n) is 2.07. The van der Waals surface area contributed by atoms with Gasteiger partial charge in [0.2, 0.25) is 5.91 Å². The molecule has 2 rings (SSSR count). The molecule has 0 fully saturated rings. The maximum atomic E-state index is 13.5. The van der Waals surface area contributed by atoms with Gasteiger partial charge in [-0.05, 0) is 12.1 Å². The van der Waals surface area contributed by atoms with Crippen molar-refractivity contribution in [3.63, 3.8) is 0 Å². The van der Waals surface area contributed by atoms with Crippen LogP contribution in [0.25, 0.3) is 0 Å². The highest BCUT2D eigenvalue weighted by Crippen LogP contribution is 2.34. The molecule has 2 N–H and O–H groups in total. The van der Waals surface area contributed by atoms with E-state index < -0.39 is 47.3 Å². The van der Waals surface area contributed by atoms with Gasteiger partial charge in [0.25, 0.3) is 0 Å². The summed E-state index contributed by atoms with van der Waals surface area (Å²) in [5, 5.41) is 4.53. The summed E-state index contributed by atoms with van der Waals surface area (Å²) in [7, 11) is 1.10. The summed E-state index contributed by atoms with van der Waals surface area (Å²) >= 11 is 0. The Hall–Kier alpha value is -2.84. The van der Waals surface area contributed by atoms with E-state index in [2.05, 4.69) is 15.4 Å². The standard InChI is InChI=1S/C16H13F5N2O2/c1-25-15-11(17)6-9(7-12(15)18)22-8-14(24)23-13-5-3-2-4-10(13)16(19,20)21/h2-7,22H,8H2,1H3,(H,23,24). The van der Waals surface area contributed by atoms with E-state index in [4.69, 9.17) is 0 Å². The van der Waals surface area contributed by atoms with Crippen molar-refractivity contribution < 1.29 is 31.5 Å². The molecule has 0 heterocycles. The zero-order chi connectivity index (χ0) is 18.6. The minimum absolute atomic E-state index is 0.0601. The van der Waals surface area contributed by atoms with Crippen LogP contribution in [0.15, 0.2) is 36.4 Å². The molecule has 25 heavy (non-hydrogen) atoms. The minimum atomic E-state index is -4.63. The van der Waals surface area contributed by atoms with Gasteiger partial charge in [-0.3, -0.25) is 4.79 Å². The van der Waals surface area contributed by atoms with Crippen LogP contribution in [0.3, 0.4) is 0 Å². The SMILES string of the molecule is COc1c(F)cc(NCC(=O)Nc2ccccc2C(F)(F)F)cc1F. The second-order valence-corrected chi connectivity index (χ2v) is 4.92. The highest BCUT2D eigenvalue weighted by molar-refractivity contribution is 5.94. The fraction of sp³-hybridized carbons (Fsp3) is 0.188. The molecule has 0 aliphatic carbocycles. The van der Waals surface area contributed by atoms with Crippen LogP contribution in [0.5, 0.6) is 5.75 Å². The summed E-state index contributed by atoms with van der Waals surface area (Å²) in [6, 6.07) is 6.27. The van der Waals surface area contributed by atoms with Crippen LogP contribution >= 0.6 is 0 Å². The Labute approximate surface area is 139 Å². The minimum Gasteiger partial charge on any atom is -0.491 e. The van der Waals surface area contributed by atoms with Crippen LogP contribution in [0.2, 0.25) is 0 Å². The molecule has 0 aliphatic rings. The number of carbonyl (C=O) groups excluding carboxylic acids is 1. The highest BCUT2D eigenvalue weighted by Gasteiger charge is 2.33. The van der Waals surface area contributed by atoms with E-state index in [0.717, 1.165) is 31.4 Å². The molecule has 1 amide bonds. The zero-order valence-corrected chi connectivity index (χ0v) is 12.9. The Morgan fingerprint density at radius 1 is 1.12 bits per heavy atom. The normalized spacial score (nSPS) is 11.1. The number of hydrogen-bond acceptors (Lipinski definition) is 3. The van der Waals surface area contributed by atoms with E-state index in [1.54, 1.807) is 0 Å². The van der Waals surface area contributed by atoms with E-state index in [1.165, 1.54) is 12.1 Å². The van der Waals surface area contributed by atoms with Gasteiger partial charge in [0, 0.05) is 17.8 Å². The molecule has 0 saturated heterocycles. The number of methoxy groups -OCH3 is 1. The number of benzene rings is 2. The van der Waals surface area contributed by atoms with Crippen LogP contribution in [-0.4, -0.2) is 19.6 Å². The lowest BCUT2D eigenvalue weighted by molar-refractivity contribution is -0.137. The Morgan fingerprint density at radius 2 is 1.72 bits per heavy atom. The van der Waals surface area contributed by atoms with E-state index >= 15 is 0 Å². The number of amides is 1. The van der Waals surface area contributed by atoms with Crippen molar-refractivity contribution in [2.75, 3.05) is 24.3 Å². The third kappa shape index (κ3) is 4.59. The fourth-order valence-corrected chi connectivity index (χ4v) is 2.07. The van der Waals surface area contributed by atoms with Crippen molar-refractivity contribution >= 4 is 17.3 Å². The predicted octanol–water partition coefficient (Wildman–Crippen LogP) is 4.04. The lowest BCUT2D eigenvalue weighted by atomic mass is 10.1. The van der Waals surface area contributed by atoms with Crippen molar-refractivity contribution in [3.05, 3.63) is 53.6 Å². The van der Waals surface area contributed by atoms with Gasteiger partial charge in [0.15, 0.2) is 17.4 Å². The summed E-state index contributed by atoms with van der Waals surface area (Å²) in [5.74, 6) is -3.34. The molecule has 0 unspecified atom stereocenters. The van der Waals surface area contributed by atoms with Gasteiger partial charge in [-0.15, -0.1) is 0 Å². The molecular formula is C16H13F5N2O2. The molecule has 0 bridgehead atoms. The number of carbonyl (C=O) groups is 1. The number of ether oxygens (including phenoxy) is 1. The topological polar surface area (TPSA) is 50.4 Å². The summed E-state index contributed by atoms with van der Waals surface area (Å²) in [4.78, 5) is 11.8. The summed E-state index contributed by atoms with van der Waals surface area (Å²) < 4.78 is 70.1. The summed E-state index contributed by atoms with van der Waals surface area (Å²) in [5.41, 5.74) is -1.46. The molecule has 0 atom stereocenters. The molecule has 4 nitrogen and oxygen atoms in total. The monoisotopic (exact) mass is 360 g/mol. The van der Waals surface area contributed by atoms with Crippen LogP contribution < -0.4 is 15.4 Å². The maximum Gasteiger partial charge on any atom is 0.418 e. The number of rotatable bonds is 5. The number of halogens is 5. The van der Waals surface area contributed by atoms with Crippen LogP contribution in [-0.2, 0) is 11.0 Å². The third-order valence-electron chi connectivity index (χ3n) is 3.16. The van der Waals surface area contributed by atoms with Gasteiger partial charge in [0.1, 0.15) is 0 Å². The predicted molar refractivity (Wildman–Crippen MR) is 81.5 cm³/mol. The quantitative estimate of drug-likeness (QED) is 0.792. The maximum absolute atomic E-state index is 13.5. The zero-order valence-electron chi connectivity index (χ0n) is 12.9. The first kappa shape index (κ1) is 18.5. The van der Waals surface area contributed by atoms with Gasteiger partial charge in [0.05, 0.1) is 24.9 Å².